The van der Waals surface area contributed by atoms with Crippen molar-refractivity contribution in [3.8, 4) is 0 Å². The molecule has 0 bridgehead atoms. The zero-order valence-corrected chi connectivity index (χ0v) is 11.3. The zero-order chi connectivity index (χ0) is 12.0. The highest BCUT2D eigenvalue weighted by Crippen LogP contribution is 2.42. The molecule has 3 heteroatoms. The Kier molecular flexibility index (Phi) is 5.26. The molecule has 0 radical (unpaired) electrons. The van der Waals surface area contributed by atoms with Gasteiger partial charge in [0.2, 0.25) is 0 Å². The van der Waals surface area contributed by atoms with E-state index in [0.29, 0.717) is 11.5 Å². The summed E-state index contributed by atoms with van der Waals surface area (Å²) in [6, 6.07) is 0. The SMILES string of the molecule is CCC1(CNCCOC2CCNCC2)CCC1. The number of hydrogen-bond donors (Lipinski definition) is 2. The smallest absolute Gasteiger partial charge is 0.0600 e. The highest BCUT2D eigenvalue weighted by molar-refractivity contribution is 4.88. The first-order chi connectivity index (χ1) is 8.35. The van der Waals surface area contributed by atoms with Crippen molar-refractivity contribution in [3.63, 3.8) is 0 Å². The molecule has 17 heavy (non-hydrogen) atoms. The fraction of sp³-hybridized carbons (Fsp3) is 1.00. The van der Waals surface area contributed by atoms with E-state index >= 15 is 0 Å². The van der Waals surface area contributed by atoms with Gasteiger partial charge in [0.15, 0.2) is 0 Å². The summed E-state index contributed by atoms with van der Waals surface area (Å²) in [7, 11) is 0. The standard InChI is InChI=1S/C14H28N2O/c1-2-14(6-3-7-14)12-16-10-11-17-13-4-8-15-9-5-13/h13,15-16H,2-12H2,1H3. The second kappa shape index (κ2) is 6.72. The molecule has 0 atom stereocenters. The van der Waals surface area contributed by atoms with Crippen molar-refractivity contribution < 1.29 is 4.74 Å². The fourth-order valence-corrected chi connectivity index (χ4v) is 2.95. The number of nitrogens with one attached hydrogen (secondary N) is 2. The van der Waals surface area contributed by atoms with Crippen LogP contribution in [0.3, 0.4) is 0 Å². The van der Waals surface area contributed by atoms with Crippen LogP contribution in [0.5, 0.6) is 0 Å². The quantitative estimate of drug-likeness (QED) is 0.667. The van der Waals surface area contributed by atoms with Gasteiger partial charge >= 0.3 is 0 Å². The minimum atomic E-state index is 0.502. The van der Waals surface area contributed by atoms with Crippen LogP contribution in [0, 0.1) is 5.41 Å². The van der Waals surface area contributed by atoms with Gasteiger partial charge in [-0.05, 0) is 50.6 Å². The fourth-order valence-electron chi connectivity index (χ4n) is 2.95. The largest absolute Gasteiger partial charge is 0.377 e. The molecule has 100 valence electrons. The van der Waals surface area contributed by atoms with Crippen molar-refractivity contribution in [1.82, 2.24) is 10.6 Å². The summed E-state index contributed by atoms with van der Waals surface area (Å²) in [5.74, 6) is 0. The molecule has 2 rings (SSSR count). The van der Waals surface area contributed by atoms with E-state index in [0.717, 1.165) is 26.2 Å². The Bertz CT molecular complexity index is 205. The average Bonchev–Trinajstić information content (AvgIpc) is 2.33. The Morgan fingerprint density at radius 1 is 1.29 bits per heavy atom. The van der Waals surface area contributed by atoms with Gasteiger partial charge in [0.05, 0.1) is 12.7 Å². The van der Waals surface area contributed by atoms with E-state index in [1.54, 1.807) is 0 Å². The lowest BCUT2D eigenvalue weighted by Gasteiger charge is -2.41. The number of piperidine rings is 1. The van der Waals surface area contributed by atoms with E-state index in [4.69, 9.17) is 4.74 Å². The molecule has 1 heterocycles. The molecule has 2 aliphatic rings. The molecule has 0 spiro atoms. The third-order valence-electron chi connectivity index (χ3n) is 4.58. The van der Waals surface area contributed by atoms with Crippen LogP contribution in [-0.4, -0.2) is 38.9 Å². The third-order valence-corrected chi connectivity index (χ3v) is 4.58. The summed E-state index contributed by atoms with van der Waals surface area (Å²) < 4.78 is 5.88. The predicted molar refractivity (Wildman–Crippen MR) is 71.3 cm³/mol. The van der Waals surface area contributed by atoms with Crippen LogP contribution >= 0.6 is 0 Å². The van der Waals surface area contributed by atoms with Gasteiger partial charge in [-0.15, -0.1) is 0 Å². The Labute approximate surface area is 106 Å². The molecule has 1 saturated carbocycles. The van der Waals surface area contributed by atoms with E-state index < -0.39 is 0 Å². The molecule has 1 aliphatic heterocycles. The molecule has 2 N–H and O–H groups in total. The van der Waals surface area contributed by atoms with Crippen molar-refractivity contribution in [2.75, 3.05) is 32.8 Å². The molecule has 0 aromatic carbocycles. The molecule has 0 aromatic heterocycles. The number of ether oxygens (including phenoxy) is 1. The van der Waals surface area contributed by atoms with Gasteiger partial charge in [0.1, 0.15) is 0 Å². The van der Waals surface area contributed by atoms with Crippen molar-refractivity contribution >= 4 is 0 Å². The summed E-state index contributed by atoms with van der Waals surface area (Å²) in [4.78, 5) is 0. The van der Waals surface area contributed by atoms with Crippen LogP contribution in [0.4, 0.5) is 0 Å². The maximum atomic E-state index is 5.88. The van der Waals surface area contributed by atoms with Gasteiger partial charge in [-0.1, -0.05) is 13.3 Å². The van der Waals surface area contributed by atoms with Gasteiger partial charge in [-0.25, -0.2) is 0 Å². The molecular formula is C14H28N2O. The topological polar surface area (TPSA) is 33.3 Å². The Hall–Kier alpha value is -0.120. The van der Waals surface area contributed by atoms with Crippen LogP contribution in [0.1, 0.15) is 45.4 Å². The molecule has 0 amide bonds. The summed E-state index contributed by atoms with van der Waals surface area (Å²) >= 11 is 0. The Balaban J connectivity index is 1.48. The second-order valence-corrected chi connectivity index (χ2v) is 5.70. The van der Waals surface area contributed by atoms with Crippen molar-refractivity contribution in [1.29, 1.82) is 0 Å². The number of hydrogen-bond acceptors (Lipinski definition) is 3. The first-order valence-electron chi connectivity index (χ1n) is 7.38. The minimum absolute atomic E-state index is 0.502. The van der Waals surface area contributed by atoms with Crippen LogP contribution in [0.15, 0.2) is 0 Å². The van der Waals surface area contributed by atoms with E-state index in [2.05, 4.69) is 17.6 Å². The molecule has 0 unspecified atom stereocenters. The van der Waals surface area contributed by atoms with Gasteiger partial charge in [0, 0.05) is 13.1 Å². The van der Waals surface area contributed by atoms with E-state index in [1.165, 1.54) is 45.1 Å². The van der Waals surface area contributed by atoms with Crippen LogP contribution < -0.4 is 10.6 Å². The third kappa shape index (κ3) is 3.94. The van der Waals surface area contributed by atoms with Crippen LogP contribution in [-0.2, 0) is 4.74 Å². The van der Waals surface area contributed by atoms with Gasteiger partial charge in [0.25, 0.3) is 0 Å². The molecule has 1 aliphatic carbocycles. The Morgan fingerprint density at radius 2 is 2.06 bits per heavy atom. The summed E-state index contributed by atoms with van der Waals surface area (Å²) in [6.07, 6.45) is 8.47. The summed E-state index contributed by atoms with van der Waals surface area (Å²) in [5, 5.41) is 6.94. The van der Waals surface area contributed by atoms with Crippen LogP contribution in [0.25, 0.3) is 0 Å². The average molecular weight is 240 g/mol. The maximum Gasteiger partial charge on any atom is 0.0600 e. The maximum absolute atomic E-state index is 5.88. The van der Waals surface area contributed by atoms with E-state index in [1.807, 2.05) is 0 Å². The lowest BCUT2D eigenvalue weighted by Crippen LogP contribution is -2.41. The van der Waals surface area contributed by atoms with E-state index in [-0.39, 0.29) is 0 Å². The number of rotatable bonds is 7. The van der Waals surface area contributed by atoms with Gasteiger partial charge < -0.3 is 15.4 Å². The zero-order valence-electron chi connectivity index (χ0n) is 11.3. The van der Waals surface area contributed by atoms with Crippen LogP contribution in [0.2, 0.25) is 0 Å². The minimum Gasteiger partial charge on any atom is -0.377 e. The molecule has 0 aromatic rings. The van der Waals surface area contributed by atoms with Gasteiger partial charge in [-0.3, -0.25) is 0 Å². The highest BCUT2D eigenvalue weighted by Gasteiger charge is 2.34. The van der Waals surface area contributed by atoms with E-state index in [9.17, 15) is 0 Å². The van der Waals surface area contributed by atoms with Crippen molar-refractivity contribution in [2.24, 2.45) is 5.41 Å². The monoisotopic (exact) mass is 240 g/mol. The first kappa shape index (κ1) is 13.3. The first-order valence-corrected chi connectivity index (χ1v) is 7.38. The summed E-state index contributed by atoms with van der Waals surface area (Å²) in [5.41, 5.74) is 0.634. The molecule has 1 saturated heterocycles. The van der Waals surface area contributed by atoms with Gasteiger partial charge in [-0.2, -0.15) is 0 Å². The molecule has 3 nitrogen and oxygen atoms in total. The lowest BCUT2D eigenvalue weighted by molar-refractivity contribution is 0.0318. The lowest BCUT2D eigenvalue weighted by atomic mass is 9.67. The normalized spacial score (nSPS) is 24.5. The Morgan fingerprint density at radius 3 is 2.65 bits per heavy atom. The predicted octanol–water partition coefficient (Wildman–Crippen LogP) is 1.92. The van der Waals surface area contributed by atoms with Crippen molar-refractivity contribution in [2.45, 2.75) is 51.6 Å². The molecular weight excluding hydrogens is 212 g/mol. The summed E-state index contributed by atoms with van der Waals surface area (Å²) in [6.45, 7) is 7.66. The highest BCUT2D eigenvalue weighted by atomic mass is 16.5. The molecule has 2 fully saturated rings. The van der Waals surface area contributed by atoms with Crippen molar-refractivity contribution in [3.05, 3.63) is 0 Å². The second-order valence-electron chi connectivity index (χ2n) is 5.70.